The van der Waals surface area contributed by atoms with Crippen molar-refractivity contribution in [1.29, 1.82) is 0 Å². The first-order chi connectivity index (χ1) is 9.08. The zero-order valence-corrected chi connectivity index (χ0v) is 11.4. The number of nitrogens with zero attached hydrogens (tertiary/aromatic N) is 1. The lowest BCUT2D eigenvalue weighted by atomic mass is 10.0. The Morgan fingerprint density at radius 2 is 1.84 bits per heavy atom. The number of carbonyl (C=O) groups excluding carboxylic acids is 1. The molecule has 0 unspecified atom stereocenters. The Hall–Kier alpha value is -1.45. The fraction of sp³-hybridized carbons (Fsp3) is 0.143. The molecule has 0 N–H and O–H groups in total. The van der Waals surface area contributed by atoms with Crippen molar-refractivity contribution >= 4 is 29.0 Å². The van der Waals surface area contributed by atoms with E-state index < -0.39 is 5.82 Å². The summed E-state index contributed by atoms with van der Waals surface area (Å²) in [7, 11) is 0. The van der Waals surface area contributed by atoms with Gasteiger partial charge in [-0.3, -0.25) is 9.78 Å². The van der Waals surface area contributed by atoms with Gasteiger partial charge in [0, 0.05) is 25.2 Å². The molecule has 0 spiro atoms. The maximum absolute atomic E-state index is 13.7. The Balaban J connectivity index is 2.10. The van der Waals surface area contributed by atoms with Crippen LogP contribution in [0.3, 0.4) is 0 Å². The molecule has 0 radical (unpaired) electrons. The van der Waals surface area contributed by atoms with Gasteiger partial charge in [0.25, 0.3) is 0 Å². The first-order valence-electron chi connectivity index (χ1n) is 5.61. The van der Waals surface area contributed by atoms with Crippen LogP contribution in [-0.2, 0) is 17.6 Å². The molecule has 0 fully saturated rings. The second kappa shape index (κ2) is 6.13. The van der Waals surface area contributed by atoms with Crippen molar-refractivity contribution in [3.8, 4) is 0 Å². The highest BCUT2D eigenvalue weighted by molar-refractivity contribution is 6.31. The third-order valence-electron chi connectivity index (χ3n) is 2.66. The van der Waals surface area contributed by atoms with Crippen LogP contribution in [0.2, 0.25) is 10.0 Å². The van der Waals surface area contributed by atoms with Crippen molar-refractivity contribution in [2.45, 2.75) is 12.8 Å². The molecule has 0 bridgehead atoms. The lowest BCUT2D eigenvalue weighted by Crippen LogP contribution is -2.08. The van der Waals surface area contributed by atoms with Crippen molar-refractivity contribution in [3.63, 3.8) is 0 Å². The summed E-state index contributed by atoms with van der Waals surface area (Å²) in [4.78, 5) is 15.8. The number of hydrogen-bond acceptors (Lipinski definition) is 2. The minimum Gasteiger partial charge on any atom is -0.299 e. The van der Waals surface area contributed by atoms with E-state index in [2.05, 4.69) is 4.98 Å². The summed E-state index contributed by atoms with van der Waals surface area (Å²) < 4.78 is 13.7. The predicted molar refractivity (Wildman–Crippen MR) is 73.1 cm³/mol. The first-order valence-corrected chi connectivity index (χ1v) is 6.36. The molecular formula is C14H10Cl2FNO. The summed E-state index contributed by atoms with van der Waals surface area (Å²) in [5, 5.41) is 0.453. The SMILES string of the molecule is O=C(Cc1ccncc1Cl)Cc1cccc(Cl)c1F. The van der Waals surface area contributed by atoms with Gasteiger partial charge < -0.3 is 0 Å². The molecular weight excluding hydrogens is 288 g/mol. The number of Topliss-reactive ketones (excluding diaryl/α,β-unsaturated/α-hetero) is 1. The van der Waals surface area contributed by atoms with Crippen LogP contribution in [0.4, 0.5) is 4.39 Å². The molecule has 1 heterocycles. The van der Waals surface area contributed by atoms with Crippen LogP contribution < -0.4 is 0 Å². The highest BCUT2D eigenvalue weighted by Crippen LogP contribution is 2.20. The second-order valence-corrected chi connectivity index (χ2v) is 4.89. The number of aromatic nitrogens is 1. The lowest BCUT2D eigenvalue weighted by molar-refractivity contribution is -0.117. The van der Waals surface area contributed by atoms with Crippen LogP contribution >= 0.6 is 23.2 Å². The van der Waals surface area contributed by atoms with Crippen LogP contribution in [0.15, 0.2) is 36.7 Å². The number of rotatable bonds is 4. The molecule has 0 saturated carbocycles. The summed E-state index contributed by atoms with van der Waals surface area (Å²) >= 11 is 11.6. The van der Waals surface area contributed by atoms with Gasteiger partial charge in [-0.05, 0) is 23.3 Å². The van der Waals surface area contributed by atoms with Crippen molar-refractivity contribution < 1.29 is 9.18 Å². The Morgan fingerprint density at radius 1 is 1.11 bits per heavy atom. The molecule has 5 heteroatoms. The molecule has 98 valence electrons. The van der Waals surface area contributed by atoms with E-state index in [1.54, 1.807) is 24.4 Å². The van der Waals surface area contributed by atoms with Gasteiger partial charge in [0.05, 0.1) is 10.0 Å². The highest BCUT2D eigenvalue weighted by atomic mass is 35.5. The normalized spacial score (nSPS) is 10.5. The van der Waals surface area contributed by atoms with E-state index in [0.29, 0.717) is 16.1 Å². The van der Waals surface area contributed by atoms with Gasteiger partial charge in [0.15, 0.2) is 0 Å². The molecule has 2 aromatic rings. The third-order valence-corrected chi connectivity index (χ3v) is 3.30. The first kappa shape index (κ1) is 14.0. The number of ketones is 1. The molecule has 0 aliphatic carbocycles. The summed E-state index contributed by atoms with van der Waals surface area (Å²) in [5.41, 5.74) is 0.979. The van der Waals surface area contributed by atoms with Crippen molar-refractivity contribution in [3.05, 3.63) is 63.6 Å². The molecule has 0 saturated heterocycles. The van der Waals surface area contributed by atoms with E-state index in [9.17, 15) is 9.18 Å². The molecule has 0 aliphatic rings. The van der Waals surface area contributed by atoms with Gasteiger partial charge in [-0.25, -0.2) is 4.39 Å². The number of benzene rings is 1. The number of carbonyl (C=O) groups is 1. The molecule has 1 aromatic carbocycles. The number of halogens is 3. The Bertz CT molecular complexity index is 616. The van der Waals surface area contributed by atoms with Gasteiger partial charge in [0.2, 0.25) is 0 Å². The summed E-state index contributed by atoms with van der Waals surface area (Å²) in [6.07, 6.45) is 3.18. The van der Waals surface area contributed by atoms with Gasteiger partial charge in [-0.1, -0.05) is 35.3 Å². The molecule has 1 aromatic heterocycles. The van der Waals surface area contributed by atoms with E-state index in [0.717, 1.165) is 0 Å². The Kier molecular flexibility index (Phi) is 4.51. The quantitative estimate of drug-likeness (QED) is 0.857. The summed E-state index contributed by atoms with van der Waals surface area (Å²) in [5.74, 6) is -0.674. The zero-order chi connectivity index (χ0) is 13.8. The van der Waals surface area contributed by atoms with E-state index in [1.807, 2.05) is 0 Å². The fourth-order valence-corrected chi connectivity index (χ4v) is 2.10. The topological polar surface area (TPSA) is 30.0 Å². The van der Waals surface area contributed by atoms with Crippen molar-refractivity contribution in [2.24, 2.45) is 0 Å². The van der Waals surface area contributed by atoms with E-state index >= 15 is 0 Å². The van der Waals surface area contributed by atoms with Gasteiger partial charge in [0.1, 0.15) is 11.6 Å². The average molecular weight is 298 g/mol. The predicted octanol–water partition coefficient (Wildman–Crippen LogP) is 3.88. The number of pyridine rings is 1. The van der Waals surface area contributed by atoms with E-state index in [4.69, 9.17) is 23.2 Å². The van der Waals surface area contributed by atoms with Crippen LogP contribution in [0.1, 0.15) is 11.1 Å². The molecule has 2 rings (SSSR count). The smallest absolute Gasteiger partial charge is 0.145 e. The second-order valence-electron chi connectivity index (χ2n) is 4.07. The average Bonchev–Trinajstić information content (AvgIpc) is 2.38. The van der Waals surface area contributed by atoms with Crippen LogP contribution in [0.25, 0.3) is 0 Å². The van der Waals surface area contributed by atoms with Crippen LogP contribution in [0.5, 0.6) is 0 Å². The maximum atomic E-state index is 13.7. The van der Waals surface area contributed by atoms with Gasteiger partial charge in [-0.2, -0.15) is 0 Å². The Labute approximate surface area is 120 Å². The molecule has 19 heavy (non-hydrogen) atoms. The molecule has 0 atom stereocenters. The third kappa shape index (κ3) is 3.52. The van der Waals surface area contributed by atoms with Gasteiger partial charge >= 0.3 is 0 Å². The van der Waals surface area contributed by atoms with Crippen LogP contribution in [-0.4, -0.2) is 10.8 Å². The summed E-state index contributed by atoms with van der Waals surface area (Å²) in [6, 6.07) is 6.29. The van der Waals surface area contributed by atoms with Crippen molar-refractivity contribution in [2.75, 3.05) is 0 Å². The largest absolute Gasteiger partial charge is 0.299 e. The zero-order valence-electron chi connectivity index (χ0n) is 9.87. The van der Waals surface area contributed by atoms with Crippen LogP contribution in [0, 0.1) is 5.82 Å². The Morgan fingerprint density at radius 3 is 2.58 bits per heavy atom. The van der Waals surface area contributed by atoms with Crippen molar-refractivity contribution in [1.82, 2.24) is 4.98 Å². The standard InChI is InChI=1S/C14H10Cl2FNO/c15-12-3-1-2-10(14(12)17)7-11(19)6-9-4-5-18-8-13(9)16/h1-5,8H,6-7H2. The lowest BCUT2D eigenvalue weighted by Gasteiger charge is -2.05. The van der Waals surface area contributed by atoms with Gasteiger partial charge in [-0.15, -0.1) is 0 Å². The fourth-order valence-electron chi connectivity index (χ4n) is 1.72. The minimum absolute atomic E-state index is 0.00888. The maximum Gasteiger partial charge on any atom is 0.145 e. The molecule has 2 nitrogen and oxygen atoms in total. The molecule has 0 aliphatic heterocycles. The number of hydrogen-bond donors (Lipinski definition) is 0. The van der Waals surface area contributed by atoms with E-state index in [1.165, 1.54) is 12.3 Å². The summed E-state index contributed by atoms with van der Waals surface area (Å²) in [6.45, 7) is 0. The minimum atomic E-state index is -0.543. The molecule has 0 amide bonds. The highest BCUT2D eigenvalue weighted by Gasteiger charge is 2.12. The van der Waals surface area contributed by atoms with E-state index in [-0.39, 0.29) is 23.6 Å². The monoisotopic (exact) mass is 297 g/mol.